The van der Waals surface area contributed by atoms with Gasteiger partial charge in [-0.3, -0.25) is 0 Å². The third-order valence-electron chi connectivity index (χ3n) is 4.45. The van der Waals surface area contributed by atoms with Crippen LogP contribution in [0.1, 0.15) is 32.6 Å². The van der Waals surface area contributed by atoms with Gasteiger partial charge in [0.1, 0.15) is 18.3 Å². The number of aliphatic carboxylic acids is 1. The number of carbonyl (C=O) groups excluding carboxylic acids is 1. The fraction of sp³-hybridized carbons (Fsp3) is 0.857. The van der Waals surface area contributed by atoms with Crippen molar-refractivity contribution in [2.45, 2.75) is 69.4 Å². The van der Waals surface area contributed by atoms with Crippen molar-refractivity contribution in [3.05, 3.63) is 0 Å². The van der Waals surface area contributed by atoms with Crippen molar-refractivity contribution in [2.75, 3.05) is 0 Å². The van der Waals surface area contributed by atoms with Gasteiger partial charge in [-0.1, -0.05) is 19.8 Å². The Hall–Kier alpha value is -1.42. The molecule has 0 bridgehead atoms. The van der Waals surface area contributed by atoms with E-state index in [1.54, 1.807) is 0 Å². The topological polar surface area (TPSA) is 146 Å². The van der Waals surface area contributed by atoms with Crippen molar-refractivity contribution in [3.63, 3.8) is 0 Å². The molecule has 1 aliphatic carbocycles. The van der Waals surface area contributed by atoms with E-state index in [1.807, 2.05) is 6.92 Å². The Bertz CT molecular complexity index is 444. The van der Waals surface area contributed by atoms with E-state index < -0.39 is 42.8 Å². The highest BCUT2D eigenvalue weighted by Crippen LogP contribution is 2.25. The maximum Gasteiger partial charge on any atom is 0.409 e. The minimum Gasteiger partial charge on any atom is -0.479 e. The van der Waals surface area contributed by atoms with E-state index >= 15 is 0 Å². The number of aliphatic hydroxyl groups is 3. The summed E-state index contributed by atoms with van der Waals surface area (Å²) in [7, 11) is 0. The zero-order valence-corrected chi connectivity index (χ0v) is 12.8. The van der Waals surface area contributed by atoms with Gasteiger partial charge in [0.2, 0.25) is 6.29 Å². The molecular weight excluding hydrogens is 310 g/mol. The maximum atomic E-state index is 11.9. The maximum absolute atomic E-state index is 11.9. The second-order valence-corrected chi connectivity index (χ2v) is 6.15. The average molecular weight is 333 g/mol. The Balaban J connectivity index is 1.94. The molecule has 1 heterocycles. The van der Waals surface area contributed by atoms with E-state index in [1.165, 1.54) is 0 Å². The number of hydrogen-bond acceptors (Lipinski definition) is 7. The molecule has 1 saturated carbocycles. The minimum atomic E-state index is -1.82. The lowest BCUT2D eigenvalue weighted by molar-refractivity contribution is -0.278. The molecule has 2 rings (SSSR count). The molecule has 1 saturated heterocycles. The molecule has 0 spiro atoms. The molecule has 0 radical (unpaired) electrons. The van der Waals surface area contributed by atoms with E-state index in [9.17, 15) is 24.9 Å². The molecular formula is C14H23NO8. The number of carbonyl (C=O) groups is 2. The first kappa shape index (κ1) is 17.9. The van der Waals surface area contributed by atoms with Crippen LogP contribution in [-0.4, -0.2) is 69.2 Å². The SMILES string of the molecule is C[C@@H]1CCCC[C@@H]1NC(=O)O[C@H]1O[C@H](C(=O)O)[C@@H](O)[C@H](O)[C@H]1O. The number of aliphatic hydroxyl groups excluding tert-OH is 3. The third kappa shape index (κ3) is 4.11. The Morgan fingerprint density at radius 2 is 1.74 bits per heavy atom. The summed E-state index contributed by atoms with van der Waals surface area (Å²) in [5.41, 5.74) is 0. The number of carboxylic acid groups (broad SMARTS) is 1. The molecule has 0 unspecified atom stereocenters. The van der Waals surface area contributed by atoms with E-state index in [2.05, 4.69) is 5.32 Å². The van der Waals surface area contributed by atoms with Gasteiger partial charge in [0.25, 0.3) is 0 Å². The van der Waals surface area contributed by atoms with Gasteiger partial charge in [-0.25, -0.2) is 9.59 Å². The summed E-state index contributed by atoms with van der Waals surface area (Å²) in [4.78, 5) is 22.9. The zero-order chi connectivity index (χ0) is 17.1. The lowest BCUT2D eigenvalue weighted by Gasteiger charge is -2.38. The number of nitrogens with one attached hydrogen (secondary N) is 1. The molecule has 2 aliphatic rings. The van der Waals surface area contributed by atoms with Crippen molar-refractivity contribution in [1.82, 2.24) is 5.32 Å². The van der Waals surface area contributed by atoms with Crippen molar-refractivity contribution >= 4 is 12.1 Å². The zero-order valence-electron chi connectivity index (χ0n) is 12.8. The van der Waals surface area contributed by atoms with Gasteiger partial charge < -0.3 is 35.2 Å². The highest BCUT2D eigenvalue weighted by molar-refractivity contribution is 5.73. The Morgan fingerprint density at radius 1 is 1.09 bits per heavy atom. The molecule has 5 N–H and O–H groups in total. The smallest absolute Gasteiger partial charge is 0.409 e. The summed E-state index contributed by atoms with van der Waals surface area (Å²) in [5, 5.41) is 40.6. The van der Waals surface area contributed by atoms with Crippen molar-refractivity contribution < 1.29 is 39.5 Å². The van der Waals surface area contributed by atoms with Gasteiger partial charge in [-0.05, 0) is 18.8 Å². The van der Waals surface area contributed by atoms with Crippen LogP contribution in [0.3, 0.4) is 0 Å². The van der Waals surface area contributed by atoms with Crippen LogP contribution < -0.4 is 5.32 Å². The molecule has 2 fully saturated rings. The predicted octanol–water partition coefficient (Wildman–Crippen LogP) is -0.816. The number of rotatable bonds is 3. The highest BCUT2D eigenvalue weighted by atomic mass is 16.7. The van der Waals surface area contributed by atoms with Crippen LogP contribution in [0.25, 0.3) is 0 Å². The molecule has 1 amide bonds. The average Bonchev–Trinajstić information content (AvgIpc) is 2.50. The summed E-state index contributed by atoms with van der Waals surface area (Å²) in [6.45, 7) is 2.01. The molecule has 9 heteroatoms. The summed E-state index contributed by atoms with van der Waals surface area (Å²) < 4.78 is 9.78. The van der Waals surface area contributed by atoms with Gasteiger partial charge in [-0.2, -0.15) is 0 Å². The van der Waals surface area contributed by atoms with Crippen molar-refractivity contribution in [1.29, 1.82) is 0 Å². The standard InChI is InChI=1S/C14H23NO8/c1-6-4-2-3-5-7(6)15-14(21)23-13-10(18)8(16)9(17)11(22-13)12(19)20/h6-11,13,16-18H,2-5H2,1H3,(H,15,21)(H,19,20)/t6-,7+,8+,9+,10-,11+,13-/m1/s1. The number of carboxylic acids is 1. The first-order valence-electron chi connectivity index (χ1n) is 7.71. The number of ether oxygens (including phenoxy) is 2. The second kappa shape index (κ2) is 7.43. The lowest BCUT2D eigenvalue weighted by Crippen LogP contribution is -2.61. The molecule has 7 atom stereocenters. The second-order valence-electron chi connectivity index (χ2n) is 6.15. The van der Waals surface area contributed by atoms with E-state index in [0.29, 0.717) is 0 Å². The Kier molecular flexibility index (Phi) is 5.79. The normalized spacial score (nSPS) is 41.1. The van der Waals surface area contributed by atoms with Crippen molar-refractivity contribution in [3.8, 4) is 0 Å². The van der Waals surface area contributed by atoms with Crippen LogP contribution in [0.2, 0.25) is 0 Å². The van der Waals surface area contributed by atoms with E-state index in [4.69, 9.17) is 14.6 Å². The summed E-state index contributed by atoms with van der Waals surface area (Å²) in [5.74, 6) is -1.24. The van der Waals surface area contributed by atoms with Crippen LogP contribution in [-0.2, 0) is 14.3 Å². The van der Waals surface area contributed by atoms with Crippen LogP contribution >= 0.6 is 0 Å². The van der Waals surface area contributed by atoms with Gasteiger partial charge in [0, 0.05) is 6.04 Å². The first-order valence-corrected chi connectivity index (χ1v) is 7.71. The Morgan fingerprint density at radius 3 is 2.35 bits per heavy atom. The fourth-order valence-corrected chi connectivity index (χ4v) is 2.97. The molecule has 23 heavy (non-hydrogen) atoms. The van der Waals surface area contributed by atoms with Crippen LogP contribution in [0.4, 0.5) is 4.79 Å². The highest BCUT2D eigenvalue weighted by Gasteiger charge is 2.48. The van der Waals surface area contributed by atoms with E-state index in [0.717, 1.165) is 25.7 Å². The predicted molar refractivity (Wildman–Crippen MR) is 75.4 cm³/mol. The van der Waals surface area contributed by atoms with Gasteiger partial charge in [0.15, 0.2) is 6.10 Å². The molecule has 0 aromatic rings. The van der Waals surface area contributed by atoms with Crippen molar-refractivity contribution in [2.24, 2.45) is 5.92 Å². The number of alkyl carbamates (subject to hydrolysis) is 1. The monoisotopic (exact) mass is 333 g/mol. The lowest BCUT2D eigenvalue weighted by atomic mass is 9.86. The molecule has 0 aromatic heterocycles. The molecule has 0 aromatic carbocycles. The quantitative estimate of drug-likeness (QED) is 0.450. The third-order valence-corrected chi connectivity index (χ3v) is 4.45. The first-order chi connectivity index (χ1) is 10.8. The van der Waals surface area contributed by atoms with Gasteiger partial charge >= 0.3 is 12.1 Å². The minimum absolute atomic E-state index is 0.0669. The number of hydrogen-bond donors (Lipinski definition) is 5. The molecule has 132 valence electrons. The summed E-state index contributed by atoms with van der Waals surface area (Å²) >= 11 is 0. The van der Waals surface area contributed by atoms with Gasteiger partial charge in [0.05, 0.1) is 0 Å². The van der Waals surface area contributed by atoms with Crippen LogP contribution in [0.5, 0.6) is 0 Å². The fourth-order valence-electron chi connectivity index (χ4n) is 2.97. The Labute approximate surface area is 133 Å². The summed E-state index contributed by atoms with van der Waals surface area (Å²) in [6, 6.07) is -0.0669. The summed E-state index contributed by atoms with van der Waals surface area (Å²) in [6.07, 6.45) is -5.79. The van der Waals surface area contributed by atoms with Gasteiger partial charge in [-0.15, -0.1) is 0 Å². The van der Waals surface area contributed by atoms with Crippen LogP contribution in [0, 0.1) is 5.92 Å². The number of amides is 1. The molecule has 9 nitrogen and oxygen atoms in total. The molecule has 1 aliphatic heterocycles. The van der Waals surface area contributed by atoms with Crippen LogP contribution in [0.15, 0.2) is 0 Å². The largest absolute Gasteiger partial charge is 0.479 e. The van der Waals surface area contributed by atoms with E-state index in [-0.39, 0.29) is 12.0 Å².